The van der Waals surface area contributed by atoms with Gasteiger partial charge >= 0.3 is 0 Å². The van der Waals surface area contributed by atoms with E-state index >= 15 is 0 Å². The Morgan fingerprint density at radius 3 is 1.62 bits per heavy atom. The molecular formula is C59H40N2. The van der Waals surface area contributed by atoms with Crippen LogP contribution >= 0.6 is 0 Å². The number of rotatable bonds is 7. The Hall–Kier alpha value is -7.94. The van der Waals surface area contributed by atoms with Gasteiger partial charge in [-0.2, -0.15) is 0 Å². The van der Waals surface area contributed by atoms with Crippen LogP contribution < -0.4 is 4.90 Å². The Labute approximate surface area is 355 Å². The number of hydrogen-bond donors (Lipinski definition) is 0. The first kappa shape index (κ1) is 35.0. The number of benzene rings is 10. The van der Waals surface area contributed by atoms with Crippen LogP contribution in [0, 0.1) is 0 Å². The van der Waals surface area contributed by atoms with Crippen LogP contribution in [-0.2, 0) is 5.41 Å². The number of aromatic nitrogens is 1. The lowest BCUT2D eigenvalue weighted by Gasteiger charge is -2.35. The number of nitrogens with zero attached hydrogens (tertiary/aromatic N) is 2. The van der Waals surface area contributed by atoms with Crippen LogP contribution in [0.1, 0.15) is 22.3 Å². The molecule has 1 aromatic heterocycles. The van der Waals surface area contributed by atoms with Crippen LogP contribution in [0.4, 0.5) is 17.1 Å². The SMILES string of the molecule is c1ccc(-c2ccc(C3(c4ccccc4)c4cc(N(c5ccccc5)c5ccc6c(c5)c5ccccc5n6-c5ccccc5)ccc4-c4cc5ccccc5cc43)cc2)cc1. The normalized spacial score (nSPS) is 14.3. The first-order chi connectivity index (χ1) is 30.3. The van der Waals surface area contributed by atoms with Gasteiger partial charge in [0.15, 0.2) is 0 Å². The zero-order valence-corrected chi connectivity index (χ0v) is 33.5. The summed E-state index contributed by atoms with van der Waals surface area (Å²) < 4.78 is 2.38. The topological polar surface area (TPSA) is 8.17 Å². The average Bonchev–Trinajstić information content (AvgIpc) is 3.81. The van der Waals surface area contributed by atoms with Crippen LogP contribution in [0.15, 0.2) is 243 Å². The van der Waals surface area contributed by atoms with Crippen LogP contribution in [0.5, 0.6) is 0 Å². The van der Waals surface area contributed by atoms with E-state index in [9.17, 15) is 0 Å². The van der Waals surface area contributed by atoms with E-state index in [1.807, 2.05) is 0 Å². The van der Waals surface area contributed by atoms with Gasteiger partial charge in [0.1, 0.15) is 0 Å². The second kappa shape index (κ2) is 14.1. The third kappa shape index (κ3) is 5.50. The summed E-state index contributed by atoms with van der Waals surface area (Å²) >= 11 is 0. The summed E-state index contributed by atoms with van der Waals surface area (Å²) in [6.45, 7) is 0. The van der Waals surface area contributed by atoms with Gasteiger partial charge in [0, 0.05) is 33.5 Å². The van der Waals surface area contributed by atoms with E-state index in [0.717, 1.165) is 22.7 Å². The fourth-order valence-electron chi connectivity index (χ4n) is 10.1. The Bertz CT molecular complexity index is 3390. The summed E-state index contributed by atoms with van der Waals surface area (Å²) in [6, 6.07) is 89.2. The molecule has 0 radical (unpaired) electrons. The lowest BCUT2D eigenvalue weighted by Crippen LogP contribution is -2.28. The highest BCUT2D eigenvalue weighted by Crippen LogP contribution is 2.58. The highest BCUT2D eigenvalue weighted by molar-refractivity contribution is 6.11. The van der Waals surface area contributed by atoms with Crippen molar-refractivity contribution in [3.63, 3.8) is 0 Å². The molecule has 1 unspecified atom stereocenters. The lowest BCUT2D eigenvalue weighted by molar-refractivity contribution is 0.769. The minimum atomic E-state index is -0.587. The minimum Gasteiger partial charge on any atom is -0.310 e. The average molecular weight is 777 g/mol. The Kier molecular flexibility index (Phi) is 8.11. The van der Waals surface area contributed by atoms with Crippen LogP contribution in [0.2, 0.25) is 0 Å². The fourth-order valence-corrected chi connectivity index (χ4v) is 10.1. The highest BCUT2D eigenvalue weighted by atomic mass is 15.1. The van der Waals surface area contributed by atoms with E-state index in [1.54, 1.807) is 0 Å². The molecule has 0 fully saturated rings. The maximum atomic E-state index is 2.47. The van der Waals surface area contributed by atoms with E-state index in [4.69, 9.17) is 0 Å². The third-order valence-corrected chi connectivity index (χ3v) is 12.8. The zero-order valence-electron chi connectivity index (χ0n) is 33.5. The van der Waals surface area contributed by atoms with Crippen molar-refractivity contribution in [3.05, 3.63) is 265 Å². The molecule has 10 aromatic carbocycles. The smallest absolute Gasteiger partial charge is 0.0714 e. The van der Waals surface area contributed by atoms with Crippen molar-refractivity contribution < 1.29 is 0 Å². The maximum absolute atomic E-state index is 2.47. The zero-order chi connectivity index (χ0) is 40.3. The van der Waals surface area contributed by atoms with Gasteiger partial charge in [-0.05, 0) is 128 Å². The maximum Gasteiger partial charge on any atom is 0.0714 e. The van der Waals surface area contributed by atoms with Crippen LogP contribution in [-0.4, -0.2) is 4.57 Å². The first-order valence-electron chi connectivity index (χ1n) is 21.1. The molecule has 0 N–H and O–H groups in total. The quantitative estimate of drug-likeness (QED) is 0.156. The van der Waals surface area contributed by atoms with Crippen molar-refractivity contribution >= 4 is 49.6 Å². The molecule has 61 heavy (non-hydrogen) atoms. The van der Waals surface area contributed by atoms with Crippen molar-refractivity contribution in [1.82, 2.24) is 4.57 Å². The van der Waals surface area contributed by atoms with E-state index < -0.39 is 5.41 Å². The van der Waals surface area contributed by atoms with Crippen molar-refractivity contribution in [1.29, 1.82) is 0 Å². The van der Waals surface area contributed by atoms with E-state index in [1.165, 1.54) is 77.1 Å². The number of hydrogen-bond acceptors (Lipinski definition) is 1. The molecule has 1 aliphatic carbocycles. The monoisotopic (exact) mass is 776 g/mol. The molecule has 12 rings (SSSR count). The van der Waals surface area contributed by atoms with Gasteiger partial charge in [-0.15, -0.1) is 0 Å². The third-order valence-electron chi connectivity index (χ3n) is 12.8. The Balaban J connectivity index is 1.12. The van der Waals surface area contributed by atoms with Gasteiger partial charge in [0.05, 0.1) is 16.4 Å². The number of para-hydroxylation sites is 3. The van der Waals surface area contributed by atoms with E-state index in [-0.39, 0.29) is 0 Å². The predicted molar refractivity (Wildman–Crippen MR) is 256 cm³/mol. The summed E-state index contributed by atoms with van der Waals surface area (Å²) in [5.74, 6) is 0. The second-order valence-electron chi connectivity index (χ2n) is 16.1. The molecule has 2 heteroatoms. The molecule has 11 aromatic rings. The van der Waals surface area contributed by atoms with E-state index in [2.05, 4.69) is 252 Å². The molecule has 0 saturated heterocycles. The molecule has 1 aliphatic rings. The molecule has 0 spiro atoms. The predicted octanol–water partition coefficient (Wildman–Crippen LogP) is 15.4. The molecule has 0 aliphatic heterocycles. The molecule has 286 valence electrons. The lowest BCUT2D eigenvalue weighted by atomic mass is 9.67. The number of anilines is 3. The van der Waals surface area contributed by atoms with Crippen LogP contribution in [0.25, 0.3) is 60.5 Å². The largest absolute Gasteiger partial charge is 0.310 e. The summed E-state index contributed by atoms with van der Waals surface area (Å²) in [5, 5.41) is 4.93. The van der Waals surface area contributed by atoms with Gasteiger partial charge in [0.25, 0.3) is 0 Å². The number of fused-ring (bicyclic) bond motifs is 7. The van der Waals surface area contributed by atoms with Gasteiger partial charge in [-0.25, -0.2) is 0 Å². The molecule has 1 heterocycles. The summed E-state index contributed by atoms with van der Waals surface area (Å²) in [6.07, 6.45) is 0. The standard InChI is InChI=1S/C59H40N2/c1-5-17-41(18-6-1)42-29-31-46(32-30-42)59(45-21-7-2-8-22-45)55-38-44-20-14-13-19-43(44)37-53(55)51-35-33-50(40-56(51)59)60(47-23-9-3-10-24-47)49-34-36-58-54(39-49)52-27-15-16-28-57(52)61(58)48-25-11-4-12-26-48/h1-40H. The van der Waals surface area contributed by atoms with Gasteiger partial charge in [-0.3, -0.25) is 0 Å². The van der Waals surface area contributed by atoms with Crippen LogP contribution in [0.3, 0.4) is 0 Å². The molecule has 0 bridgehead atoms. The molecule has 1 atom stereocenters. The van der Waals surface area contributed by atoms with Crippen molar-refractivity contribution in [2.75, 3.05) is 4.90 Å². The van der Waals surface area contributed by atoms with Gasteiger partial charge in [-0.1, -0.05) is 170 Å². The summed E-state index contributed by atoms with van der Waals surface area (Å²) in [7, 11) is 0. The van der Waals surface area contributed by atoms with Crippen molar-refractivity contribution in [3.8, 4) is 27.9 Å². The Morgan fingerprint density at radius 2 is 0.869 bits per heavy atom. The molecule has 0 amide bonds. The Morgan fingerprint density at radius 1 is 0.328 bits per heavy atom. The fraction of sp³-hybridized carbons (Fsp3) is 0.0169. The molecular weight excluding hydrogens is 737 g/mol. The van der Waals surface area contributed by atoms with E-state index in [0.29, 0.717) is 0 Å². The summed E-state index contributed by atoms with van der Waals surface area (Å²) in [5.41, 5.74) is 16.3. The highest BCUT2D eigenvalue weighted by Gasteiger charge is 2.46. The molecule has 0 saturated carbocycles. The minimum absolute atomic E-state index is 0.587. The van der Waals surface area contributed by atoms with Gasteiger partial charge in [0.2, 0.25) is 0 Å². The van der Waals surface area contributed by atoms with Gasteiger partial charge < -0.3 is 9.47 Å². The van der Waals surface area contributed by atoms with Crippen molar-refractivity contribution in [2.45, 2.75) is 5.41 Å². The summed E-state index contributed by atoms with van der Waals surface area (Å²) in [4.78, 5) is 2.43. The van der Waals surface area contributed by atoms with Crippen molar-refractivity contribution in [2.24, 2.45) is 0 Å². The molecule has 2 nitrogen and oxygen atoms in total. The second-order valence-corrected chi connectivity index (χ2v) is 16.1. The first-order valence-corrected chi connectivity index (χ1v) is 21.1.